The Balaban J connectivity index is 2.56. The van der Waals surface area contributed by atoms with Crippen molar-refractivity contribution in [1.82, 2.24) is 4.90 Å². The quantitative estimate of drug-likeness (QED) is 0.828. The molecule has 1 fully saturated rings. The third kappa shape index (κ3) is 4.21. The fraction of sp³-hybridized carbons (Fsp3) is 0.941. The minimum atomic E-state index is -0.754. The minimum Gasteiger partial charge on any atom is -0.480 e. The number of carboxylic acids is 1. The summed E-state index contributed by atoms with van der Waals surface area (Å²) in [6, 6.07) is 0. The summed E-state index contributed by atoms with van der Waals surface area (Å²) < 4.78 is 0. The van der Waals surface area contributed by atoms with Gasteiger partial charge in [0.25, 0.3) is 0 Å². The van der Waals surface area contributed by atoms with Crippen LogP contribution in [0.5, 0.6) is 0 Å². The molecule has 0 spiro atoms. The Labute approximate surface area is 124 Å². The van der Waals surface area contributed by atoms with Crippen LogP contribution in [0, 0.1) is 17.3 Å². The first-order valence-corrected chi connectivity index (χ1v) is 8.07. The van der Waals surface area contributed by atoms with Gasteiger partial charge in [0, 0.05) is 6.54 Å². The van der Waals surface area contributed by atoms with Crippen molar-refractivity contribution in [2.75, 3.05) is 13.1 Å². The topological polar surface area (TPSA) is 40.5 Å². The van der Waals surface area contributed by atoms with Crippen molar-refractivity contribution < 1.29 is 9.90 Å². The second-order valence-corrected chi connectivity index (χ2v) is 7.99. The molecule has 0 saturated heterocycles. The van der Waals surface area contributed by atoms with Crippen LogP contribution in [0.2, 0.25) is 0 Å². The van der Waals surface area contributed by atoms with Crippen molar-refractivity contribution in [3.8, 4) is 0 Å². The van der Waals surface area contributed by atoms with Gasteiger partial charge in [-0.2, -0.15) is 0 Å². The van der Waals surface area contributed by atoms with Gasteiger partial charge in [-0.3, -0.25) is 9.69 Å². The second kappa shape index (κ2) is 6.46. The van der Waals surface area contributed by atoms with E-state index in [1.807, 2.05) is 13.8 Å². The minimum absolute atomic E-state index is 0.412. The van der Waals surface area contributed by atoms with Gasteiger partial charge < -0.3 is 5.11 Å². The lowest BCUT2D eigenvalue weighted by molar-refractivity contribution is -0.149. The molecule has 1 saturated carbocycles. The van der Waals surface area contributed by atoms with Crippen LogP contribution in [-0.4, -0.2) is 34.6 Å². The molecular weight excluding hydrogens is 250 g/mol. The fourth-order valence-electron chi connectivity index (χ4n) is 3.41. The van der Waals surface area contributed by atoms with E-state index in [2.05, 4.69) is 32.6 Å². The first-order valence-electron chi connectivity index (χ1n) is 8.07. The molecule has 0 radical (unpaired) electrons. The zero-order valence-electron chi connectivity index (χ0n) is 14.2. The molecule has 1 rings (SSSR count). The molecular formula is C17H33NO2. The standard InChI is InChI=1S/C17H33NO2/c1-7-18(17(5,6)15(19)20)12-13-8-10-14(11-9-13)16(2,3)4/h13-14H,7-12H2,1-6H3,(H,19,20). The summed E-state index contributed by atoms with van der Waals surface area (Å²) in [6.07, 6.45) is 5.07. The van der Waals surface area contributed by atoms with E-state index in [4.69, 9.17) is 0 Å². The van der Waals surface area contributed by atoms with E-state index in [-0.39, 0.29) is 0 Å². The number of rotatable bonds is 5. The average Bonchev–Trinajstić information content (AvgIpc) is 2.35. The number of hydrogen-bond acceptors (Lipinski definition) is 2. The molecule has 118 valence electrons. The molecule has 1 N–H and O–H groups in total. The van der Waals surface area contributed by atoms with Crippen molar-refractivity contribution in [1.29, 1.82) is 0 Å². The predicted molar refractivity (Wildman–Crippen MR) is 83.9 cm³/mol. The van der Waals surface area contributed by atoms with Crippen molar-refractivity contribution >= 4 is 5.97 Å². The van der Waals surface area contributed by atoms with Crippen LogP contribution in [0.25, 0.3) is 0 Å². The smallest absolute Gasteiger partial charge is 0.323 e. The van der Waals surface area contributed by atoms with Gasteiger partial charge in [0.1, 0.15) is 5.54 Å². The van der Waals surface area contributed by atoms with Crippen molar-refractivity contribution in [3.05, 3.63) is 0 Å². The number of hydrogen-bond donors (Lipinski definition) is 1. The third-order valence-corrected chi connectivity index (χ3v) is 5.25. The third-order valence-electron chi connectivity index (χ3n) is 5.25. The first-order chi connectivity index (χ1) is 9.09. The van der Waals surface area contributed by atoms with Crippen molar-refractivity contribution in [3.63, 3.8) is 0 Å². The molecule has 0 unspecified atom stereocenters. The van der Waals surface area contributed by atoms with E-state index in [0.717, 1.165) is 19.0 Å². The molecule has 3 nitrogen and oxygen atoms in total. The second-order valence-electron chi connectivity index (χ2n) is 7.99. The number of likely N-dealkylation sites (N-methyl/N-ethyl adjacent to an activating group) is 1. The number of carboxylic acid groups (broad SMARTS) is 1. The van der Waals surface area contributed by atoms with Gasteiger partial charge in [-0.15, -0.1) is 0 Å². The molecule has 0 aliphatic heterocycles. The Kier molecular flexibility index (Phi) is 5.65. The Morgan fingerprint density at radius 1 is 1.10 bits per heavy atom. The van der Waals surface area contributed by atoms with E-state index in [1.54, 1.807) is 0 Å². The highest BCUT2D eigenvalue weighted by Crippen LogP contribution is 2.40. The number of aliphatic carboxylic acids is 1. The molecule has 0 aromatic heterocycles. The summed E-state index contributed by atoms with van der Waals surface area (Å²) in [5.74, 6) is 0.760. The SMILES string of the molecule is CCN(CC1CCC(C(C)(C)C)CC1)C(C)(C)C(=O)O. The normalized spacial score (nSPS) is 24.9. The molecule has 0 atom stereocenters. The fourth-order valence-corrected chi connectivity index (χ4v) is 3.41. The van der Waals surface area contributed by atoms with Crippen LogP contribution in [0.4, 0.5) is 0 Å². The molecule has 1 aliphatic rings. The number of carbonyl (C=O) groups is 1. The summed E-state index contributed by atoms with van der Waals surface area (Å²) in [5, 5.41) is 9.38. The summed E-state index contributed by atoms with van der Waals surface area (Å²) in [7, 11) is 0. The number of nitrogens with zero attached hydrogens (tertiary/aromatic N) is 1. The van der Waals surface area contributed by atoms with Crippen LogP contribution in [0.3, 0.4) is 0 Å². The Bertz CT molecular complexity index is 322. The Morgan fingerprint density at radius 3 is 1.95 bits per heavy atom. The maximum atomic E-state index is 11.4. The molecule has 0 aromatic carbocycles. The van der Waals surface area contributed by atoms with Crippen LogP contribution in [0.15, 0.2) is 0 Å². The predicted octanol–water partition coefficient (Wildman–Crippen LogP) is 4.02. The highest BCUT2D eigenvalue weighted by atomic mass is 16.4. The maximum Gasteiger partial charge on any atom is 0.323 e. The maximum absolute atomic E-state index is 11.4. The Hall–Kier alpha value is -0.570. The van der Waals surface area contributed by atoms with Crippen LogP contribution in [-0.2, 0) is 4.79 Å². The van der Waals surface area contributed by atoms with Gasteiger partial charge in [-0.25, -0.2) is 0 Å². The summed E-state index contributed by atoms with van der Waals surface area (Å²) in [6.45, 7) is 14.4. The average molecular weight is 283 g/mol. The summed E-state index contributed by atoms with van der Waals surface area (Å²) in [4.78, 5) is 13.5. The van der Waals surface area contributed by atoms with E-state index in [1.165, 1.54) is 25.7 Å². The van der Waals surface area contributed by atoms with Gasteiger partial charge >= 0.3 is 5.97 Å². The van der Waals surface area contributed by atoms with Gasteiger partial charge in [0.15, 0.2) is 0 Å². The summed E-state index contributed by atoms with van der Waals surface area (Å²) in [5.41, 5.74) is -0.342. The summed E-state index contributed by atoms with van der Waals surface area (Å²) >= 11 is 0. The van der Waals surface area contributed by atoms with Crippen LogP contribution in [0.1, 0.15) is 67.2 Å². The molecule has 3 heteroatoms. The lowest BCUT2D eigenvalue weighted by Crippen LogP contribution is -2.52. The van der Waals surface area contributed by atoms with Crippen molar-refractivity contribution in [2.24, 2.45) is 17.3 Å². The lowest BCUT2D eigenvalue weighted by atomic mass is 9.69. The van der Waals surface area contributed by atoms with E-state index >= 15 is 0 Å². The van der Waals surface area contributed by atoms with Gasteiger partial charge in [-0.05, 0) is 63.3 Å². The zero-order chi connectivity index (χ0) is 15.6. The van der Waals surface area contributed by atoms with Gasteiger partial charge in [-0.1, -0.05) is 27.7 Å². The van der Waals surface area contributed by atoms with Gasteiger partial charge in [0.2, 0.25) is 0 Å². The highest BCUT2D eigenvalue weighted by Gasteiger charge is 2.36. The van der Waals surface area contributed by atoms with Crippen molar-refractivity contribution in [2.45, 2.75) is 72.8 Å². The molecule has 1 aliphatic carbocycles. The van der Waals surface area contributed by atoms with E-state index in [0.29, 0.717) is 11.3 Å². The van der Waals surface area contributed by atoms with Crippen LogP contribution < -0.4 is 0 Å². The molecule has 0 bridgehead atoms. The zero-order valence-corrected chi connectivity index (χ0v) is 14.2. The van der Waals surface area contributed by atoms with Gasteiger partial charge in [0.05, 0.1) is 0 Å². The largest absolute Gasteiger partial charge is 0.480 e. The molecule has 0 aromatic rings. The molecule has 20 heavy (non-hydrogen) atoms. The van der Waals surface area contributed by atoms with Crippen LogP contribution >= 0.6 is 0 Å². The van der Waals surface area contributed by atoms with E-state index < -0.39 is 11.5 Å². The molecule has 0 amide bonds. The monoisotopic (exact) mass is 283 g/mol. The Morgan fingerprint density at radius 2 is 1.60 bits per heavy atom. The van der Waals surface area contributed by atoms with E-state index in [9.17, 15) is 9.90 Å². The molecule has 0 heterocycles. The first kappa shape index (κ1) is 17.5. The lowest BCUT2D eigenvalue weighted by Gasteiger charge is -2.41. The highest BCUT2D eigenvalue weighted by molar-refractivity contribution is 5.77.